The minimum atomic E-state index is -0.0105. The lowest BCUT2D eigenvalue weighted by molar-refractivity contribution is 0.0939. The molecule has 0 aliphatic carbocycles. The Labute approximate surface area is 170 Å². The van der Waals surface area contributed by atoms with E-state index in [9.17, 15) is 4.79 Å². The van der Waals surface area contributed by atoms with Crippen LogP contribution >= 0.6 is 11.6 Å². The molecule has 0 saturated carbocycles. The summed E-state index contributed by atoms with van der Waals surface area (Å²) in [5.74, 6) is 0.140. The van der Waals surface area contributed by atoms with Crippen LogP contribution < -0.4 is 0 Å². The van der Waals surface area contributed by atoms with Crippen LogP contribution in [0.2, 0.25) is 5.02 Å². The Kier molecular flexibility index (Phi) is 5.67. The third kappa shape index (κ3) is 3.85. The van der Waals surface area contributed by atoms with Gasteiger partial charge in [0.05, 0.1) is 22.8 Å². The molecule has 3 aromatic rings. The molecule has 0 saturated heterocycles. The summed E-state index contributed by atoms with van der Waals surface area (Å²) in [6.45, 7) is 8.50. The van der Waals surface area contributed by atoms with Crippen LogP contribution in [0.15, 0.2) is 42.5 Å². The zero-order chi connectivity index (χ0) is 20.4. The lowest BCUT2D eigenvalue weighted by atomic mass is 10.00. The van der Waals surface area contributed by atoms with Gasteiger partial charge in [-0.1, -0.05) is 55.8 Å². The van der Waals surface area contributed by atoms with E-state index in [0.717, 1.165) is 33.6 Å². The molecule has 142 valence electrons. The fourth-order valence-electron chi connectivity index (χ4n) is 3.10. The topological polar surface area (TPSA) is 58.7 Å². The lowest BCUT2D eigenvalue weighted by Crippen LogP contribution is -2.08. The number of nitrogens with zero attached hydrogens (tertiary/aromatic N) is 3. The minimum absolute atomic E-state index is 0.0105. The molecule has 4 nitrogen and oxygen atoms in total. The average molecular weight is 392 g/mol. The molecule has 1 heterocycles. The molecule has 0 amide bonds. The lowest BCUT2D eigenvalue weighted by Gasteiger charge is -2.07. The van der Waals surface area contributed by atoms with E-state index in [0.29, 0.717) is 17.1 Å². The second-order valence-corrected chi connectivity index (χ2v) is 7.65. The van der Waals surface area contributed by atoms with Crippen molar-refractivity contribution in [3.05, 3.63) is 75.4 Å². The smallest absolute Gasteiger partial charge is 0.165 e. The van der Waals surface area contributed by atoms with Crippen molar-refractivity contribution in [2.45, 2.75) is 34.2 Å². The Morgan fingerprint density at radius 2 is 1.86 bits per heavy atom. The van der Waals surface area contributed by atoms with Crippen molar-refractivity contribution in [3.63, 3.8) is 0 Å². The first kappa shape index (κ1) is 19.9. The SMILES string of the molecule is Cc1c(-c2ccc(C#N)c(Cl)c2)nn(Cc2ccc(C(=O)C(C)C)cc2)c1C. The standard InChI is InChI=1S/C23H22ClN3O/c1-14(2)23(28)18-7-5-17(6-8-18)13-27-16(4)15(3)22(26-27)19-9-10-20(12-25)21(24)11-19/h5-11,14H,13H2,1-4H3. The molecular weight excluding hydrogens is 370 g/mol. The molecule has 1 aromatic heterocycles. The van der Waals surface area contributed by atoms with Gasteiger partial charge < -0.3 is 0 Å². The number of rotatable bonds is 5. The Bertz CT molecular complexity index is 1070. The Morgan fingerprint density at radius 3 is 2.43 bits per heavy atom. The van der Waals surface area contributed by atoms with Crippen LogP contribution in [0.4, 0.5) is 0 Å². The molecule has 0 fully saturated rings. The van der Waals surface area contributed by atoms with E-state index in [4.69, 9.17) is 22.0 Å². The summed E-state index contributed by atoms with van der Waals surface area (Å²) in [5, 5.41) is 14.2. The fourth-order valence-corrected chi connectivity index (χ4v) is 3.32. The van der Waals surface area contributed by atoms with Gasteiger partial charge >= 0.3 is 0 Å². The summed E-state index contributed by atoms with van der Waals surface area (Å²) in [7, 11) is 0. The Balaban J connectivity index is 1.89. The predicted octanol–water partition coefficient (Wildman–Crippen LogP) is 5.58. The van der Waals surface area contributed by atoms with Crippen molar-refractivity contribution in [3.8, 4) is 17.3 Å². The number of carbonyl (C=O) groups is 1. The highest BCUT2D eigenvalue weighted by atomic mass is 35.5. The molecule has 0 N–H and O–H groups in total. The molecule has 28 heavy (non-hydrogen) atoms. The number of hydrogen-bond acceptors (Lipinski definition) is 3. The van der Waals surface area contributed by atoms with E-state index in [2.05, 4.69) is 6.07 Å². The normalized spacial score (nSPS) is 10.9. The zero-order valence-corrected chi connectivity index (χ0v) is 17.2. The molecule has 0 radical (unpaired) electrons. The van der Waals surface area contributed by atoms with Crippen molar-refractivity contribution in [2.24, 2.45) is 5.92 Å². The maximum absolute atomic E-state index is 12.1. The number of benzene rings is 2. The van der Waals surface area contributed by atoms with Gasteiger partial charge in [-0.15, -0.1) is 0 Å². The second-order valence-electron chi connectivity index (χ2n) is 7.24. The molecule has 5 heteroatoms. The van der Waals surface area contributed by atoms with Crippen molar-refractivity contribution >= 4 is 17.4 Å². The van der Waals surface area contributed by atoms with Crippen molar-refractivity contribution in [1.82, 2.24) is 9.78 Å². The molecule has 2 aromatic carbocycles. The molecule has 0 unspecified atom stereocenters. The molecule has 3 rings (SSSR count). The monoisotopic (exact) mass is 391 g/mol. The summed E-state index contributed by atoms with van der Waals surface area (Å²) < 4.78 is 1.95. The largest absolute Gasteiger partial charge is 0.294 e. The number of nitriles is 1. The number of Topliss-reactive ketones (excluding diaryl/α,β-unsaturated/α-hetero) is 1. The van der Waals surface area contributed by atoms with E-state index < -0.39 is 0 Å². The highest BCUT2D eigenvalue weighted by Crippen LogP contribution is 2.28. The molecule has 0 bridgehead atoms. The van der Waals surface area contributed by atoms with Gasteiger partial charge in [0.25, 0.3) is 0 Å². The molecule has 0 atom stereocenters. The van der Waals surface area contributed by atoms with Gasteiger partial charge in [0.15, 0.2) is 5.78 Å². The van der Waals surface area contributed by atoms with Crippen LogP contribution in [-0.4, -0.2) is 15.6 Å². The summed E-state index contributed by atoms with van der Waals surface area (Å²) in [5.41, 5.74) is 6.16. The van der Waals surface area contributed by atoms with E-state index >= 15 is 0 Å². The molecule has 0 aliphatic rings. The molecular formula is C23H22ClN3O. The van der Waals surface area contributed by atoms with Gasteiger partial charge in [-0.2, -0.15) is 10.4 Å². The zero-order valence-electron chi connectivity index (χ0n) is 16.5. The maximum Gasteiger partial charge on any atom is 0.165 e. The Morgan fingerprint density at radius 1 is 1.18 bits per heavy atom. The summed E-state index contributed by atoms with van der Waals surface area (Å²) in [4.78, 5) is 12.1. The summed E-state index contributed by atoms with van der Waals surface area (Å²) in [6.07, 6.45) is 0. The van der Waals surface area contributed by atoms with Crippen molar-refractivity contribution in [2.75, 3.05) is 0 Å². The van der Waals surface area contributed by atoms with Crippen LogP contribution in [0.1, 0.15) is 46.6 Å². The van der Waals surface area contributed by atoms with Gasteiger partial charge in [-0.25, -0.2) is 0 Å². The minimum Gasteiger partial charge on any atom is -0.294 e. The predicted molar refractivity (Wildman–Crippen MR) is 112 cm³/mol. The first-order valence-electron chi connectivity index (χ1n) is 9.19. The van der Waals surface area contributed by atoms with Crippen molar-refractivity contribution in [1.29, 1.82) is 5.26 Å². The second kappa shape index (κ2) is 8.00. The van der Waals surface area contributed by atoms with Gasteiger partial charge in [0.2, 0.25) is 0 Å². The molecule has 0 aliphatic heterocycles. The van der Waals surface area contributed by atoms with Crippen LogP contribution in [-0.2, 0) is 6.54 Å². The maximum atomic E-state index is 12.1. The number of ketones is 1. The third-order valence-electron chi connectivity index (χ3n) is 4.96. The first-order chi connectivity index (χ1) is 13.3. The van der Waals surface area contributed by atoms with Crippen LogP contribution in [0.25, 0.3) is 11.3 Å². The average Bonchev–Trinajstić information content (AvgIpc) is 2.96. The van der Waals surface area contributed by atoms with Gasteiger partial charge in [0.1, 0.15) is 6.07 Å². The third-order valence-corrected chi connectivity index (χ3v) is 5.28. The highest BCUT2D eigenvalue weighted by Gasteiger charge is 2.15. The van der Waals surface area contributed by atoms with E-state index in [1.54, 1.807) is 12.1 Å². The van der Waals surface area contributed by atoms with Crippen LogP contribution in [0.3, 0.4) is 0 Å². The first-order valence-corrected chi connectivity index (χ1v) is 9.56. The summed E-state index contributed by atoms with van der Waals surface area (Å²) >= 11 is 6.19. The number of halogens is 1. The molecule has 0 spiro atoms. The van der Waals surface area contributed by atoms with E-state index in [-0.39, 0.29) is 11.7 Å². The number of hydrogen-bond donors (Lipinski definition) is 0. The van der Waals surface area contributed by atoms with Crippen LogP contribution in [0.5, 0.6) is 0 Å². The Hall–Kier alpha value is -2.90. The van der Waals surface area contributed by atoms with Crippen molar-refractivity contribution < 1.29 is 4.79 Å². The fraction of sp³-hybridized carbons (Fsp3) is 0.261. The van der Waals surface area contributed by atoms with Gasteiger partial charge in [-0.05, 0) is 37.1 Å². The van der Waals surface area contributed by atoms with E-state index in [1.165, 1.54) is 0 Å². The quantitative estimate of drug-likeness (QED) is 0.533. The number of carbonyl (C=O) groups excluding carboxylic acids is 1. The number of aromatic nitrogens is 2. The van der Waals surface area contributed by atoms with Gasteiger partial charge in [-0.3, -0.25) is 9.48 Å². The highest BCUT2D eigenvalue weighted by molar-refractivity contribution is 6.32. The van der Waals surface area contributed by atoms with E-state index in [1.807, 2.05) is 62.7 Å². The summed E-state index contributed by atoms with van der Waals surface area (Å²) in [6, 6.07) is 15.2. The van der Waals surface area contributed by atoms with Gasteiger partial charge in [0, 0.05) is 22.7 Å². The van der Waals surface area contributed by atoms with Crippen LogP contribution in [0, 0.1) is 31.1 Å².